The molecule has 0 spiro atoms. The molecule has 0 radical (unpaired) electrons. The van der Waals surface area contributed by atoms with Gasteiger partial charge in [0.1, 0.15) is 0 Å². The average molecular weight is 318 g/mol. The van der Waals surface area contributed by atoms with Crippen LogP contribution in [0.25, 0.3) is 0 Å². The zero-order valence-electron chi connectivity index (χ0n) is 12.1. The van der Waals surface area contributed by atoms with Crippen LogP contribution in [-0.2, 0) is 19.6 Å². The smallest absolute Gasteiger partial charge is 0.294 e. The molecule has 2 N–H and O–H groups in total. The Labute approximate surface area is 125 Å². The van der Waals surface area contributed by atoms with E-state index in [0.29, 0.717) is 6.61 Å². The Morgan fingerprint density at radius 1 is 1.29 bits per heavy atom. The van der Waals surface area contributed by atoms with Crippen LogP contribution in [0.4, 0.5) is 0 Å². The van der Waals surface area contributed by atoms with E-state index in [1.165, 1.54) is 18.6 Å². The molecule has 2 rings (SSSR count). The maximum Gasteiger partial charge on any atom is 0.294 e. The minimum absolute atomic E-state index is 0.0547. The highest BCUT2D eigenvalue weighted by atomic mass is 32.2. The maximum atomic E-state index is 10.5. The van der Waals surface area contributed by atoms with Crippen LogP contribution in [0.15, 0.2) is 29.2 Å². The normalized spacial score (nSPS) is 18.7. The monoisotopic (exact) mass is 318 g/mol. The number of rotatable bonds is 4. The van der Waals surface area contributed by atoms with E-state index in [1.54, 1.807) is 12.1 Å². The first-order valence-corrected chi connectivity index (χ1v) is 8.25. The molecule has 0 aliphatic carbocycles. The quantitative estimate of drug-likeness (QED) is 0.822. The van der Waals surface area contributed by atoms with Crippen LogP contribution in [0.1, 0.15) is 24.8 Å². The minimum atomic E-state index is -4.02. The number of aliphatic hydroxyl groups is 1. The van der Waals surface area contributed by atoms with Gasteiger partial charge in [0.2, 0.25) is 0 Å². The molecule has 0 saturated carbocycles. The standard InChI is InChI=1S/C7H8O3S.C7H14O3/c1-6-2-4-7(5-3-6)11(8,9)10;8-4-6-10-7-3-1-2-5-9-7/h2-5H,1H3,(H,8,9,10);7-8H,1-6H2. The Bertz CT molecular complexity index is 491. The Morgan fingerprint density at radius 2 is 1.95 bits per heavy atom. The van der Waals surface area contributed by atoms with Gasteiger partial charge in [-0.25, -0.2) is 0 Å². The number of ether oxygens (including phenoxy) is 2. The van der Waals surface area contributed by atoms with Crippen LogP contribution in [-0.4, -0.2) is 44.2 Å². The molecular formula is C14H22O6S. The van der Waals surface area contributed by atoms with E-state index >= 15 is 0 Å². The van der Waals surface area contributed by atoms with Gasteiger partial charge in [-0.2, -0.15) is 8.42 Å². The van der Waals surface area contributed by atoms with Gasteiger partial charge in [0.15, 0.2) is 6.29 Å². The maximum absolute atomic E-state index is 10.5. The molecule has 7 heteroatoms. The summed E-state index contributed by atoms with van der Waals surface area (Å²) in [6.07, 6.45) is 3.23. The van der Waals surface area contributed by atoms with Crippen molar-refractivity contribution in [1.82, 2.24) is 0 Å². The first-order valence-electron chi connectivity index (χ1n) is 6.81. The molecule has 1 heterocycles. The van der Waals surface area contributed by atoms with Crippen molar-refractivity contribution in [3.05, 3.63) is 29.8 Å². The van der Waals surface area contributed by atoms with E-state index in [-0.39, 0.29) is 17.8 Å². The molecule has 1 aliphatic heterocycles. The topological polar surface area (TPSA) is 93.1 Å². The summed E-state index contributed by atoms with van der Waals surface area (Å²) >= 11 is 0. The van der Waals surface area contributed by atoms with Crippen molar-refractivity contribution in [1.29, 1.82) is 0 Å². The Morgan fingerprint density at radius 3 is 2.43 bits per heavy atom. The van der Waals surface area contributed by atoms with Crippen LogP contribution in [0.5, 0.6) is 0 Å². The fraction of sp³-hybridized carbons (Fsp3) is 0.571. The summed E-state index contributed by atoms with van der Waals surface area (Å²) in [6, 6.07) is 5.99. The van der Waals surface area contributed by atoms with Crippen LogP contribution in [0, 0.1) is 6.92 Å². The second kappa shape index (κ2) is 9.11. The van der Waals surface area contributed by atoms with Gasteiger partial charge in [0.25, 0.3) is 10.1 Å². The fourth-order valence-corrected chi connectivity index (χ4v) is 2.22. The van der Waals surface area contributed by atoms with Crippen molar-refractivity contribution in [3.63, 3.8) is 0 Å². The van der Waals surface area contributed by atoms with Crippen molar-refractivity contribution < 1.29 is 27.6 Å². The van der Waals surface area contributed by atoms with Crippen molar-refractivity contribution in [3.8, 4) is 0 Å². The van der Waals surface area contributed by atoms with Gasteiger partial charge in [-0.1, -0.05) is 17.7 Å². The highest BCUT2D eigenvalue weighted by Gasteiger charge is 2.12. The van der Waals surface area contributed by atoms with E-state index in [2.05, 4.69) is 0 Å². The van der Waals surface area contributed by atoms with Gasteiger partial charge in [-0.3, -0.25) is 4.55 Å². The lowest BCUT2D eigenvalue weighted by molar-refractivity contribution is -0.166. The summed E-state index contributed by atoms with van der Waals surface area (Å²) in [7, 11) is -4.02. The van der Waals surface area contributed by atoms with Crippen molar-refractivity contribution >= 4 is 10.1 Å². The van der Waals surface area contributed by atoms with Crippen LogP contribution >= 0.6 is 0 Å². The third-order valence-corrected chi connectivity index (χ3v) is 3.72. The van der Waals surface area contributed by atoms with Gasteiger partial charge in [-0.15, -0.1) is 0 Å². The summed E-state index contributed by atoms with van der Waals surface area (Å²) in [5, 5.41) is 8.42. The largest absolute Gasteiger partial charge is 0.394 e. The van der Waals surface area contributed by atoms with E-state index in [4.69, 9.17) is 19.1 Å². The number of hydrogen-bond donors (Lipinski definition) is 2. The number of hydrogen-bond acceptors (Lipinski definition) is 5. The molecule has 1 atom stereocenters. The molecule has 1 unspecified atom stereocenters. The summed E-state index contributed by atoms with van der Waals surface area (Å²) in [5.41, 5.74) is 0.956. The van der Waals surface area contributed by atoms with E-state index in [1.807, 2.05) is 6.92 Å². The summed E-state index contributed by atoms with van der Waals surface area (Å²) in [6.45, 7) is 3.12. The molecule has 0 aromatic heterocycles. The molecule has 21 heavy (non-hydrogen) atoms. The molecule has 1 aromatic rings. The number of benzene rings is 1. The van der Waals surface area contributed by atoms with Crippen molar-refractivity contribution in [2.24, 2.45) is 0 Å². The molecule has 1 saturated heterocycles. The summed E-state index contributed by atoms with van der Waals surface area (Å²) in [4.78, 5) is -0.0666. The minimum Gasteiger partial charge on any atom is -0.394 e. The average Bonchev–Trinajstić information content (AvgIpc) is 2.46. The lowest BCUT2D eigenvalue weighted by atomic mass is 10.2. The zero-order valence-corrected chi connectivity index (χ0v) is 12.9. The van der Waals surface area contributed by atoms with E-state index in [0.717, 1.165) is 25.0 Å². The van der Waals surface area contributed by atoms with Crippen LogP contribution in [0.3, 0.4) is 0 Å². The summed E-state index contributed by atoms with van der Waals surface area (Å²) < 4.78 is 40.0. The summed E-state index contributed by atoms with van der Waals surface area (Å²) in [5.74, 6) is 0. The van der Waals surface area contributed by atoms with Gasteiger partial charge in [-0.05, 0) is 38.3 Å². The van der Waals surface area contributed by atoms with Crippen LogP contribution < -0.4 is 0 Å². The molecule has 1 aromatic carbocycles. The second-order valence-corrected chi connectivity index (χ2v) is 6.10. The highest BCUT2D eigenvalue weighted by molar-refractivity contribution is 7.85. The Balaban J connectivity index is 0.000000211. The molecule has 0 amide bonds. The molecule has 1 fully saturated rings. The van der Waals surface area contributed by atoms with Crippen molar-refractivity contribution in [2.75, 3.05) is 19.8 Å². The first-order chi connectivity index (χ1) is 9.93. The molecule has 1 aliphatic rings. The Hall–Kier alpha value is -0.990. The molecular weight excluding hydrogens is 296 g/mol. The third kappa shape index (κ3) is 7.54. The Kier molecular flexibility index (Phi) is 7.84. The molecule has 6 nitrogen and oxygen atoms in total. The SMILES string of the molecule is Cc1ccc(S(=O)(=O)O)cc1.OCCOC1CCCCO1. The molecule has 120 valence electrons. The highest BCUT2D eigenvalue weighted by Crippen LogP contribution is 2.13. The van der Waals surface area contributed by atoms with Gasteiger partial charge >= 0.3 is 0 Å². The second-order valence-electron chi connectivity index (χ2n) is 4.68. The lowest BCUT2D eigenvalue weighted by Crippen LogP contribution is -2.23. The fourth-order valence-electron chi connectivity index (χ4n) is 1.74. The lowest BCUT2D eigenvalue weighted by Gasteiger charge is -2.21. The predicted molar refractivity (Wildman–Crippen MR) is 77.6 cm³/mol. The van der Waals surface area contributed by atoms with Crippen LogP contribution in [0.2, 0.25) is 0 Å². The van der Waals surface area contributed by atoms with Gasteiger partial charge < -0.3 is 14.6 Å². The van der Waals surface area contributed by atoms with Gasteiger partial charge in [0.05, 0.1) is 18.1 Å². The number of aryl methyl sites for hydroxylation is 1. The van der Waals surface area contributed by atoms with Gasteiger partial charge in [0, 0.05) is 6.61 Å². The predicted octanol–water partition coefficient (Wildman–Crippen LogP) is 1.76. The molecule has 0 bridgehead atoms. The first kappa shape index (κ1) is 18.1. The zero-order chi connectivity index (χ0) is 15.7. The van der Waals surface area contributed by atoms with Crippen molar-refractivity contribution in [2.45, 2.75) is 37.4 Å². The van der Waals surface area contributed by atoms with E-state index in [9.17, 15) is 8.42 Å². The van der Waals surface area contributed by atoms with E-state index < -0.39 is 10.1 Å². The number of aliphatic hydroxyl groups excluding tert-OH is 1. The third-order valence-electron chi connectivity index (χ3n) is 2.85.